The molecule has 0 atom stereocenters. The Kier molecular flexibility index (Phi) is 7.72. The van der Waals surface area contributed by atoms with Crippen molar-refractivity contribution in [1.82, 2.24) is 15.3 Å². The lowest BCUT2D eigenvalue weighted by Gasteiger charge is -2.09. The normalized spacial score (nSPS) is 12.6. The molecule has 25 heavy (non-hydrogen) atoms. The fourth-order valence-electron chi connectivity index (χ4n) is 2.32. The molecular formula is C15H17Cl2F3N4O. The standard InChI is InChI=1S/C15H15F3N4O.2ClH/c16-15(17,18)23-12-3-1-10(2-4-12)5-6-20-14-21-8-11-7-19-9-13(11)22-14;;/h1-4,8,19H,5-7,9H2,(H,20,21,22);2*1H. The summed E-state index contributed by atoms with van der Waals surface area (Å²) in [7, 11) is 0. The van der Waals surface area contributed by atoms with Crippen LogP contribution < -0.4 is 15.4 Å². The minimum absolute atomic E-state index is 0. The highest BCUT2D eigenvalue weighted by molar-refractivity contribution is 5.85. The summed E-state index contributed by atoms with van der Waals surface area (Å²) >= 11 is 0. The Balaban J connectivity index is 0.00000156. The van der Waals surface area contributed by atoms with Crippen LogP contribution in [0.25, 0.3) is 0 Å². The molecule has 0 aliphatic carbocycles. The molecule has 0 fully saturated rings. The minimum Gasteiger partial charge on any atom is -0.406 e. The highest BCUT2D eigenvalue weighted by Gasteiger charge is 2.30. The SMILES string of the molecule is Cl.Cl.FC(F)(F)Oc1ccc(CCNc2ncc3c(n2)CNC3)cc1. The average Bonchev–Trinajstić information content (AvgIpc) is 2.95. The van der Waals surface area contributed by atoms with E-state index in [0.29, 0.717) is 18.9 Å². The predicted octanol–water partition coefficient (Wildman–Crippen LogP) is 3.48. The summed E-state index contributed by atoms with van der Waals surface area (Å²) in [6, 6.07) is 5.83. The number of ether oxygens (including phenoxy) is 1. The third kappa shape index (κ3) is 6.22. The third-order valence-corrected chi connectivity index (χ3v) is 3.42. The van der Waals surface area contributed by atoms with E-state index in [1.165, 1.54) is 12.1 Å². The molecule has 10 heteroatoms. The van der Waals surface area contributed by atoms with Gasteiger partial charge in [0, 0.05) is 31.4 Å². The van der Waals surface area contributed by atoms with Crippen molar-refractivity contribution in [3.05, 3.63) is 47.3 Å². The second-order valence-corrected chi connectivity index (χ2v) is 5.14. The Morgan fingerprint density at radius 1 is 1.12 bits per heavy atom. The van der Waals surface area contributed by atoms with Crippen molar-refractivity contribution in [3.63, 3.8) is 0 Å². The molecule has 3 rings (SSSR count). The lowest BCUT2D eigenvalue weighted by atomic mass is 10.1. The predicted molar refractivity (Wildman–Crippen MR) is 92.4 cm³/mol. The van der Waals surface area contributed by atoms with Gasteiger partial charge < -0.3 is 15.4 Å². The number of hydrogen-bond acceptors (Lipinski definition) is 5. The van der Waals surface area contributed by atoms with E-state index in [0.717, 1.165) is 29.9 Å². The van der Waals surface area contributed by atoms with E-state index in [9.17, 15) is 13.2 Å². The number of hydrogen-bond donors (Lipinski definition) is 2. The molecule has 0 saturated heterocycles. The van der Waals surface area contributed by atoms with Crippen LogP contribution in [0.1, 0.15) is 16.8 Å². The first kappa shape index (κ1) is 21.3. The topological polar surface area (TPSA) is 59.1 Å². The van der Waals surface area contributed by atoms with Gasteiger partial charge in [0.15, 0.2) is 0 Å². The Morgan fingerprint density at radius 3 is 2.52 bits per heavy atom. The molecule has 1 aliphatic rings. The van der Waals surface area contributed by atoms with Crippen molar-refractivity contribution in [2.75, 3.05) is 11.9 Å². The minimum atomic E-state index is -4.66. The Morgan fingerprint density at radius 2 is 1.84 bits per heavy atom. The first-order valence-electron chi connectivity index (χ1n) is 7.14. The van der Waals surface area contributed by atoms with Crippen LogP contribution in [0.3, 0.4) is 0 Å². The van der Waals surface area contributed by atoms with Gasteiger partial charge in [0.2, 0.25) is 5.95 Å². The molecule has 2 N–H and O–H groups in total. The summed E-state index contributed by atoms with van der Waals surface area (Å²) in [5, 5.41) is 6.31. The smallest absolute Gasteiger partial charge is 0.406 e. The number of alkyl halides is 3. The molecule has 1 aromatic heterocycles. The molecule has 1 aromatic carbocycles. The summed E-state index contributed by atoms with van der Waals surface area (Å²) in [5.41, 5.74) is 3.00. The van der Waals surface area contributed by atoms with Crippen LogP contribution in [0.2, 0.25) is 0 Å². The van der Waals surface area contributed by atoms with Gasteiger partial charge in [-0.25, -0.2) is 9.97 Å². The number of nitrogens with zero attached hydrogens (tertiary/aromatic N) is 2. The number of aromatic nitrogens is 2. The van der Waals surface area contributed by atoms with Crippen molar-refractivity contribution < 1.29 is 17.9 Å². The summed E-state index contributed by atoms with van der Waals surface area (Å²) in [5.74, 6) is 0.341. The van der Waals surface area contributed by atoms with Crippen LogP contribution in [0.5, 0.6) is 5.75 Å². The number of benzene rings is 1. The second-order valence-electron chi connectivity index (χ2n) is 5.14. The summed E-state index contributed by atoms with van der Waals surface area (Å²) in [4.78, 5) is 8.64. The highest BCUT2D eigenvalue weighted by Crippen LogP contribution is 2.22. The zero-order valence-corrected chi connectivity index (χ0v) is 14.6. The van der Waals surface area contributed by atoms with Gasteiger partial charge in [-0.2, -0.15) is 0 Å². The molecule has 5 nitrogen and oxygen atoms in total. The van der Waals surface area contributed by atoms with Gasteiger partial charge in [0.25, 0.3) is 0 Å². The molecule has 138 valence electrons. The molecule has 0 amide bonds. The van der Waals surface area contributed by atoms with Gasteiger partial charge in [-0.1, -0.05) is 12.1 Å². The summed E-state index contributed by atoms with van der Waals surface area (Å²) < 4.78 is 40.1. The van der Waals surface area contributed by atoms with Gasteiger partial charge >= 0.3 is 6.36 Å². The van der Waals surface area contributed by atoms with Crippen molar-refractivity contribution in [2.45, 2.75) is 25.9 Å². The van der Waals surface area contributed by atoms with Crippen LogP contribution in [-0.4, -0.2) is 22.9 Å². The number of nitrogens with one attached hydrogen (secondary N) is 2. The molecule has 1 aliphatic heterocycles. The molecule has 0 bridgehead atoms. The van der Waals surface area contributed by atoms with Gasteiger partial charge in [-0.3, -0.25) is 0 Å². The van der Waals surface area contributed by atoms with Crippen LogP contribution in [0.4, 0.5) is 19.1 Å². The van der Waals surface area contributed by atoms with E-state index < -0.39 is 6.36 Å². The largest absolute Gasteiger partial charge is 0.573 e. The zero-order chi connectivity index (χ0) is 16.3. The monoisotopic (exact) mass is 396 g/mol. The number of fused-ring (bicyclic) bond motifs is 1. The van der Waals surface area contributed by atoms with Gasteiger partial charge in [0.1, 0.15) is 5.75 Å². The fraction of sp³-hybridized carbons (Fsp3) is 0.333. The number of anilines is 1. The maximum Gasteiger partial charge on any atom is 0.573 e. The maximum absolute atomic E-state index is 12.1. The van der Waals surface area contributed by atoms with Gasteiger partial charge in [0.05, 0.1) is 5.69 Å². The molecule has 0 saturated carbocycles. The van der Waals surface area contributed by atoms with Gasteiger partial charge in [-0.15, -0.1) is 38.0 Å². The van der Waals surface area contributed by atoms with Crippen molar-refractivity contribution in [1.29, 1.82) is 0 Å². The first-order valence-corrected chi connectivity index (χ1v) is 7.14. The van der Waals surface area contributed by atoms with E-state index in [1.54, 1.807) is 18.3 Å². The summed E-state index contributed by atoms with van der Waals surface area (Å²) in [6.45, 7) is 2.13. The summed E-state index contributed by atoms with van der Waals surface area (Å²) in [6.07, 6.45) is -2.22. The number of halogens is 5. The van der Waals surface area contributed by atoms with E-state index in [4.69, 9.17) is 0 Å². The Hall–Kier alpha value is -1.77. The van der Waals surface area contributed by atoms with Crippen LogP contribution in [0, 0.1) is 0 Å². The average molecular weight is 397 g/mol. The van der Waals surface area contributed by atoms with Crippen LogP contribution >= 0.6 is 24.8 Å². The Bertz CT molecular complexity index is 683. The lowest BCUT2D eigenvalue weighted by Crippen LogP contribution is -2.17. The van der Waals surface area contributed by atoms with E-state index in [2.05, 4.69) is 25.3 Å². The van der Waals surface area contributed by atoms with Crippen molar-refractivity contribution >= 4 is 30.8 Å². The molecular weight excluding hydrogens is 380 g/mol. The van der Waals surface area contributed by atoms with Crippen LogP contribution in [0.15, 0.2) is 30.5 Å². The van der Waals surface area contributed by atoms with E-state index >= 15 is 0 Å². The van der Waals surface area contributed by atoms with Crippen molar-refractivity contribution in [3.8, 4) is 5.75 Å². The van der Waals surface area contributed by atoms with E-state index in [-0.39, 0.29) is 30.6 Å². The molecule has 2 aromatic rings. The van der Waals surface area contributed by atoms with Crippen LogP contribution in [-0.2, 0) is 19.5 Å². The molecule has 0 spiro atoms. The molecule has 2 heterocycles. The Labute approximate surface area is 155 Å². The van der Waals surface area contributed by atoms with Crippen molar-refractivity contribution in [2.24, 2.45) is 0 Å². The molecule has 0 radical (unpaired) electrons. The number of rotatable bonds is 5. The quantitative estimate of drug-likeness (QED) is 0.809. The fourth-order valence-corrected chi connectivity index (χ4v) is 2.32. The molecule has 0 unspecified atom stereocenters. The highest BCUT2D eigenvalue weighted by atomic mass is 35.5. The zero-order valence-electron chi connectivity index (χ0n) is 13.0. The first-order chi connectivity index (χ1) is 11.0. The third-order valence-electron chi connectivity index (χ3n) is 3.42. The van der Waals surface area contributed by atoms with Gasteiger partial charge in [-0.05, 0) is 24.1 Å². The second kappa shape index (κ2) is 9.07. The lowest BCUT2D eigenvalue weighted by molar-refractivity contribution is -0.274. The maximum atomic E-state index is 12.1. The van der Waals surface area contributed by atoms with E-state index in [1.807, 2.05) is 0 Å².